The van der Waals surface area contributed by atoms with Crippen LogP contribution in [0.15, 0.2) is 12.1 Å². The van der Waals surface area contributed by atoms with Crippen molar-refractivity contribution in [2.75, 3.05) is 36.7 Å². The van der Waals surface area contributed by atoms with Crippen molar-refractivity contribution in [3.05, 3.63) is 29.2 Å². The van der Waals surface area contributed by atoms with Gasteiger partial charge in [-0.2, -0.15) is 23.4 Å². The Labute approximate surface area is 192 Å². The summed E-state index contributed by atoms with van der Waals surface area (Å²) in [6.45, 7) is 7.50. The Hall–Kier alpha value is -2.08. The molecule has 186 valence electrons. The van der Waals surface area contributed by atoms with Crippen LogP contribution in [0.1, 0.15) is 56.1 Å². The molecule has 3 rings (SSSR count). The Morgan fingerprint density at radius 2 is 1.88 bits per heavy atom. The zero-order chi connectivity index (χ0) is 24.6. The first kappa shape index (κ1) is 25.5. The standard InChI is InChI=1S/C21H32F3N5O3S/c1-14(2)17-12-20(26-27(17)4)28-6-8-32-13-16(28)10-15(3)18-11-19(21(22,23)24)25-29(18)7-9-33(5,30)31/h11-12,14-16H,6-10,13H2,1-5H3/t15-,16?/m0/s1. The van der Waals surface area contributed by atoms with Crippen molar-refractivity contribution < 1.29 is 26.3 Å². The molecule has 0 spiro atoms. The predicted octanol–water partition coefficient (Wildman–Crippen LogP) is 3.20. The maximum absolute atomic E-state index is 13.3. The summed E-state index contributed by atoms with van der Waals surface area (Å²) in [7, 11) is -1.45. The number of halogens is 3. The van der Waals surface area contributed by atoms with Crippen LogP contribution in [-0.4, -0.2) is 65.8 Å². The van der Waals surface area contributed by atoms with E-state index in [1.165, 1.54) is 4.68 Å². The van der Waals surface area contributed by atoms with E-state index in [1.807, 2.05) is 24.7 Å². The maximum Gasteiger partial charge on any atom is 0.435 e. The topological polar surface area (TPSA) is 82.2 Å². The molecule has 0 aliphatic carbocycles. The molecular formula is C21H32F3N5O3S. The van der Waals surface area contributed by atoms with Crippen LogP contribution in [-0.2, 0) is 34.3 Å². The first-order valence-electron chi connectivity index (χ1n) is 11.0. The monoisotopic (exact) mass is 491 g/mol. The van der Waals surface area contributed by atoms with E-state index in [2.05, 4.69) is 28.9 Å². The van der Waals surface area contributed by atoms with E-state index in [0.717, 1.165) is 23.8 Å². The van der Waals surface area contributed by atoms with Crippen molar-refractivity contribution in [1.82, 2.24) is 19.6 Å². The summed E-state index contributed by atoms with van der Waals surface area (Å²) in [6, 6.07) is 2.99. The van der Waals surface area contributed by atoms with Crippen LogP contribution in [0.25, 0.3) is 0 Å². The van der Waals surface area contributed by atoms with Crippen molar-refractivity contribution in [3.8, 4) is 0 Å². The van der Waals surface area contributed by atoms with E-state index in [9.17, 15) is 21.6 Å². The average molecular weight is 492 g/mol. The predicted molar refractivity (Wildman–Crippen MR) is 119 cm³/mol. The van der Waals surface area contributed by atoms with Crippen LogP contribution in [0.2, 0.25) is 0 Å². The first-order valence-corrected chi connectivity index (χ1v) is 13.0. The Morgan fingerprint density at radius 3 is 2.45 bits per heavy atom. The summed E-state index contributed by atoms with van der Waals surface area (Å²) in [5.41, 5.74) is 0.443. The third-order valence-corrected chi connectivity index (χ3v) is 6.85. The molecule has 2 atom stereocenters. The van der Waals surface area contributed by atoms with Crippen molar-refractivity contribution >= 4 is 15.7 Å². The minimum absolute atomic E-state index is 0.0868. The number of nitrogens with zero attached hydrogens (tertiary/aromatic N) is 5. The fraction of sp³-hybridized carbons (Fsp3) is 0.714. The Balaban J connectivity index is 1.85. The molecule has 2 aromatic rings. The molecule has 2 aromatic heterocycles. The van der Waals surface area contributed by atoms with Gasteiger partial charge in [0.15, 0.2) is 11.5 Å². The van der Waals surface area contributed by atoms with E-state index in [0.29, 0.717) is 37.8 Å². The Bertz CT molecular complexity index is 1060. The number of morpholine rings is 1. The van der Waals surface area contributed by atoms with Crippen LogP contribution < -0.4 is 4.90 Å². The molecule has 3 heterocycles. The second kappa shape index (κ2) is 9.65. The summed E-state index contributed by atoms with van der Waals surface area (Å²) in [4.78, 5) is 2.15. The molecule has 0 N–H and O–H groups in total. The number of sulfone groups is 1. The van der Waals surface area contributed by atoms with Gasteiger partial charge in [-0.05, 0) is 18.4 Å². The van der Waals surface area contributed by atoms with Gasteiger partial charge in [0.2, 0.25) is 0 Å². The third kappa shape index (κ3) is 6.28. The highest BCUT2D eigenvalue weighted by atomic mass is 32.2. The molecule has 33 heavy (non-hydrogen) atoms. The average Bonchev–Trinajstić information content (AvgIpc) is 3.30. The number of rotatable bonds is 8. The van der Waals surface area contributed by atoms with E-state index < -0.39 is 21.7 Å². The Morgan fingerprint density at radius 1 is 1.18 bits per heavy atom. The van der Waals surface area contributed by atoms with Gasteiger partial charge >= 0.3 is 6.18 Å². The molecule has 1 unspecified atom stereocenters. The van der Waals surface area contributed by atoms with Crippen molar-refractivity contribution in [2.24, 2.45) is 7.05 Å². The zero-order valence-electron chi connectivity index (χ0n) is 19.6. The number of hydrogen-bond acceptors (Lipinski definition) is 6. The minimum atomic E-state index is -4.61. The molecule has 1 fully saturated rings. The lowest BCUT2D eigenvalue weighted by Gasteiger charge is -2.37. The van der Waals surface area contributed by atoms with Gasteiger partial charge < -0.3 is 9.64 Å². The summed E-state index contributed by atoms with van der Waals surface area (Å²) in [6.07, 6.45) is -3.04. The lowest BCUT2D eigenvalue weighted by atomic mass is 9.96. The van der Waals surface area contributed by atoms with Crippen LogP contribution >= 0.6 is 0 Å². The van der Waals surface area contributed by atoms with Gasteiger partial charge in [0.1, 0.15) is 9.84 Å². The van der Waals surface area contributed by atoms with E-state index >= 15 is 0 Å². The fourth-order valence-corrected chi connectivity index (χ4v) is 4.73. The molecule has 1 aliphatic heterocycles. The highest BCUT2D eigenvalue weighted by Gasteiger charge is 2.36. The lowest BCUT2D eigenvalue weighted by Crippen LogP contribution is -2.46. The Kier molecular flexibility index (Phi) is 7.47. The van der Waals surface area contributed by atoms with Gasteiger partial charge in [0.25, 0.3) is 0 Å². The van der Waals surface area contributed by atoms with E-state index in [-0.39, 0.29) is 24.3 Å². The second-order valence-electron chi connectivity index (χ2n) is 9.07. The number of hydrogen-bond donors (Lipinski definition) is 0. The van der Waals surface area contributed by atoms with E-state index in [1.54, 1.807) is 0 Å². The van der Waals surface area contributed by atoms with Gasteiger partial charge in [0.05, 0.1) is 31.6 Å². The van der Waals surface area contributed by atoms with Crippen LogP contribution in [0.3, 0.4) is 0 Å². The number of ether oxygens (including phenoxy) is 1. The SMILES string of the molecule is CC(C)c1cc(N2CCOCC2C[C@H](C)c2cc(C(F)(F)F)nn2CCS(C)(=O)=O)nn1C. The first-order chi connectivity index (χ1) is 15.3. The van der Waals surface area contributed by atoms with Gasteiger partial charge in [0, 0.05) is 43.2 Å². The van der Waals surface area contributed by atoms with Crippen molar-refractivity contribution in [2.45, 2.75) is 57.8 Å². The molecule has 0 amide bonds. The lowest BCUT2D eigenvalue weighted by molar-refractivity contribution is -0.141. The summed E-state index contributed by atoms with van der Waals surface area (Å²) >= 11 is 0. The molecule has 8 nitrogen and oxygen atoms in total. The molecule has 1 saturated heterocycles. The molecule has 1 aliphatic rings. The number of aryl methyl sites for hydroxylation is 2. The molecule has 0 bridgehead atoms. The van der Waals surface area contributed by atoms with Gasteiger partial charge in [-0.1, -0.05) is 20.8 Å². The summed E-state index contributed by atoms with van der Waals surface area (Å²) in [5, 5.41) is 8.33. The fourth-order valence-electron chi connectivity index (χ4n) is 4.23. The summed E-state index contributed by atoms with van der Waals surface area (Å²) in [5.74, 6) is 0.537. The van der Waals surface area contributed by atoms with Crippen LogP contribution in [0.4, 0.5) is 19.0 Å². The highest BCUT2D eigenvalue weighted by molar-refractivity contribution is 7.90. The summed E-state index contributed by atoms with van der Waals surface area (Å²) < 4.78 is 71.9. The molecule has 0 saturated carbocycles. The van der Waals surface area contributed by atoms with Crippen molar-refractivity contribution in [1.29, 1.82) is 0 Å². The smallest absolute Gasteiger partial charge is 0.377 e. The maximum atomic E-state index is 13.3. The molecular weight excluding hydrogens is 459 g/mol. The molecule has 0 aromatic carbocycles. The van der Waals surface area contributed by atoms with Gasteiger partial charge in [-0.15, -0.1) is 0 Å². The normalized spacial score (nSPS) is 18.8. The van der Waals surface area contributed by atoms with E-state index in [4.69, 9.17) is 4.74 Å². The molecule has 12 heteroatoms. The highest BCUT2D eigenvalue weighted by Crippen LogP contribution is 2.33. The van der Waals surface area contributed by atoms with Crippen LogP contribution in [0, 0.1) is 0 Å². The molecule has 0 radical (unpaired) electrons. The third-order valence-electron chi connectivity index (χ3n) is 5.92. The largest absolute Gasteiger partial charge is 0.435 e. The zero-order valence-corrected chi connectivity index (χ0v) is 20.4. The number of alkyl halides is 3. The minimum Gasteiger partial charge on any atom is -0.377 e. The van der Waals surface area contributed by atoms with Gasteiger partial charge in [-0.3, -0.25) is 9.36 Å². The second-order valence-corrected chi connectivity index (χ2v) is 11.3. The van der Waals surface area contributed by atoms with Crippen molar-refractivity contribution in [3.63, 3.8) is 0 Å². The quantitative estimate of drug-likeness (QED) is 0.564. The van der Waals surface area contributed by atoms with Crippen LogP contribution in [0.5, 0.6) is 0 Å². The van der Waals surface area contributed by atoms with Gasteiger partial charge in [-0.25, -0.2) is 8.42 Å². The number of anilines is 1. The number of aromatic nitrogens is 4.